The topological polar surface area (TPSA) is 29.5 Å². The van der Waals surface area contributed by atoms with Gasteiger partial charge in [0.2, 0.25) is 0 Å². The van der Waals surface area contributed by atoms with Crippen LogP contribution in [0.25, 0.3) is 0 Å². The minimum absolute atomic E-state index is 0.302. The number of rotatable bonds is 6. The normalized spacial score (nSPS) is 10.9. The summed E-state index contributed by atoms with van der Waals surface area (Å²) < 4.78 is 5.80. The molecular formula is C18H22O2S. The first-order chi connectivity index (χ1) is 10.1. The van der Waals surface area contributed by atoms with Gasteiger partial charge in [0.05, 0.1) is 6.61 Å². The van der Waals surface area contributed by atoms with Crippen LogP contribution in [0, 0.1) is 6.92 Å². The first-order valence-corrected chi connectivity index (χ1v) is 8.20. The molecule has 0 spiro atoms. The average Bonchev–Trinajstić information content (AvgIpc) is 2.45. The lowest BCUT2D eigenvalue weighted by Gasteiger charge is -2.12. The second kappa shape index (κ2) is 7.41. The Morgan fingerprint density at radius 1 is 1.10 bits per heavy atom. The van der Waals surface area contributed by atoms with Crippen molar-refractivity contribution in [2.75, 3.05) is 12.4 Å². The molecule has 0 aliphatic carbocycles. The number of phenols is 1. The number of ether oxygens (including phenoxy) is 1. The predicted molar refractivity (Wildman–Crippen MR) is 89.6 cm³/mol. The number of phenolic OH excluding ortho intramolecular Hbond substituents is 1. The van der Waals surface area contributed by atoms with Crippen LogP contribution in [-0.2, 0) is 0 Å². The lowest BCUT2D eigenvalue weighted by Crippen LogP contribution is -2.01. The molecule has 0 aliphatic heterocycles. The maximum absolute atomic E-state index is 9.23. The van der Waals surface area contributed by atoms with Gasteiger partial charge in [0.1, 0.15) is 11.5 Å². The van der Waals surface area contributed by atoms with E-state index in [1.165, 1.54) is 11.1 Å². The molecule has 21 heavy (non-hydrogen) atoms. The molecule has 3 heteroatoms. The molecule has 0 heterocycles. The van der Waals surface area contributed by atoms with E-state index >= 15 is 0 Å². The maximum Gasteiger partial charge on any atom is 0.119 e. The Kier molecular flexibility index (Phi) is 5.57. The molecule has 2 aromatic rings. The zero-order valence-corrected chi connectivity index (χ0v) is 13.6. The Labute approximate surface area is 131 Å². The highest BCUT2D eigenvalue weighted by molar-refractivity contribution is 7.99. The SMILES string of the molecule is Cc1cc(OCCSc2ccc(O)cc2)ccc1C(C)C. The second-order valence-electron chi connectivity index (χ2n) is 5.36. The summed E-state index contributed by atoms with van der Waals surface area (Å²) in [7, 11) is 0. The van der Waals surface area contributed by atoms with Gasteiger partial charge in [0.15, 0.2) is 0 Å². The quantitative estimate of drug-likeness (QED) is 0.602. The highest BCUT2D eigenvalue weighted by atomic mass is 32.2. The molecule has 0 unspecified atom stereocenters. The summed E-state index contributed by atoms with van der Waals surface area (Å²) in [6.07, 6.45) is 0. The minimum atomic E-state index is 0.302. The summed E-state index contributed by atoms with van der Waals surface area (Å²) >= 11 is 1.72. The van der Waals surface area contributed by atoms with E-state index in [1.54, 1.807) is 23.9 Å². The summed E-state index contributed by atoms with van der Waals surface area (Å²) in [5, 5.41) is 9.23. The van der Waals surface area contributed by atoms with E-state index in [0.717, 1.165) is 16.4 Å². The van der Waals surface area contributed by atoms with Crippen molar-refractivity contribution in [3.8, 4) is 11.5 Å². The third-order valence-electron chi connectivity index (χ3n) is 3.32. The van der Waals surface area contributed by atoms with Crippen LogP contribution in [0.15, 0.2) is 47.4 Å². The summed E-state index contributed by atoms with van der Waals surface area (Å²) in [5.74, 6) is 2.67. The molecule has 2 rings (SSSR count). The first-order valence-electron chi connectivity index (χ1n) is 7.21. The molecule has 0 fully saturated rings. The molecule has 0 saturated carbocycles. The van der Waals surface area contributed by atoms with Crippen molar-refractivity contribution in [1.29, 1.82) is 0 Å². The van der Waals surface area contributed by atoms with Gasteiger partial charge in [-0.05, 0) is 60.4 Å². The van der Waals surface area contributed by atoms with Crippen molar-refractivity contribution in [1.82, 2.24) is 0 Å². The van der Waals surface area contributed by atoms with Crippen LogP contribution < -0.4 is 4.74 Å². The monoisotopic (exact) mass is 302 g/mol. The standard InChI is InChI=1S/C18H22O2S/c1-13(2)18-9-6-16(12-14(18)3)20-10-11-21-17-7-4-15(19)5-8-17/h4-9,12-13,19H,10-11H2,1-3H3. The highest BCUT2D eigenvalue weighted by Gasteiger charge is 2.04. The molecular weight excluding hydrogens is 280 g/mol. The molecule has 2 nitrogen and oxygen atoms in total. The number of hydrogen-bond donors (Lipinski definition) is 1. The van der Waals surface area contributed by atoms with Crippen molar-refractivity contribution >= 4 is 11.8 Å². The van der Waals surface area contributed by atoms with E-state index in [-0.39, 0.29) is 0 Å². The first kappa shape index (κ1) is 15.8. The van der Waals surface area contributed by atoms with E-state index in [1.807, 2.05) is 18.2 Å². The molecule has 0 amide bonds. The molecule has 0 bridgehead atoms. The Balaban J connectivity index is 1.81. The lowest BCUT2D eigenvalue weighted by molar-refractivity contribution is 0.343. The molecule has 0 aliphatic rings. The van der Waals surface area contributed by atoms with Crippen molar-refractivity contribution in [3.05, 3.63) is 53.6 Å². The molecule has 0 saturated heterocycles. The summed E-state index contributed by atoms with van der Waals surface area (Å²) in [5.41, 5.74) is 2.66. The van der Waals surface area contributed by atoms with Crippen LogP contribution in [0.4, 0.5) is 0 Å². The highest BCUT2D eigenvalue weighted by Crippen LogP contribution is 2.24. The average molecular weight is 302 g/mol. The summed E-state index contributed by atoms with van der Waals surface area (Å²) in [6.45, 7) is 7.22. The van der Waals surface area contributed by atoms with Gasteiger partial charge in [-0.3, -0.25) is 0 Å². The van der Waals surface area contributed by atoms with Crippen LogP contribution in [-0.4, -0.2) is 17.5 Å². The van der Waals surface area contributed by atoms with Crippen molar-refractivity contribution in [2.45, 2.75) is 31.6 Å². The molecule has 1 N–H and O–H groups in total. The van der Waals surface area contributed by atoms with Crippen LogP contribution >= 0.6 is 11.8 Å². The Morgan fingerprint density at radius 3 is 2.43 bits per heavy atom. The van der Waals surface area contributed by atoms with Gasteiger partial charge >= 0.3 is 0 Å². The largest absolute Gasteiger partial charge is 0.508 e. The molecule has 0 radical (unpaired) electrons. The Morgan fingerprint density at radius 2 is 1.81 bits per heavy atom. The van der Waals surface area contributed by atoms with Crippen LogP contribution in [0.1, 0.15) is 30.9 Å². The van der Waals surface area contributed by atoms with Crippen LogP contribution in [0.5, 0.6) is 11.5 Å². The van der Waals surface area contributed by atoms with Gasteiger partial charge in [0.25, 0.3) is 0 Å². The van der Waals surface area contributed by atoms with Crippen LogP contribution in [0.3, 0.4) is 0 Å². The van der Waals surface area contributed by atoms with Gasteiger partial charge in [0, 0.05) is 10.6 Å². The fourth-order valence-corrected chi connectivity index (χ4v) is 2.98. The zero-order chi connectivity index (χ0) is 15.2. The summed E-state index contributed by atoms with van der Waals surface area (Å²) in [4.78, 5) is 1.14. The number of aryl methyl sites for hydroxylation is 1. The third-order valence-corrected chi connectivity index (χ3v) is 4.30. The number of aromatic hydroxyl groups is 1. The van der Waals surface area contributed by atoms with E-state index in [9.17, 15) is 5.11 Å². The number of hydrogen-bond acceptors (Lipinski definition) is 3. The lowest BCUT2D eigenvalue weighted by atomic mass is 9.98. The fraction of sp³-hybridized carbons (Fsp3) is 0.333. The van der Waals surface area contributed by atoms with Crippen molar-refractivity contribution in [3.63, 3.8) is 0 Å². The maximum atomic E-state index is 9.23. The fourth-order valence-electron chi connectivity index (χ4n) is 2.25. The van der Waals surface area contributed by atoms with Gasteiger partial charge in [-0.25, -0.2) is 0 Å². The van der Waals surface area contributed by atoms with E-state index in [2.05, 4.69) is 32.9 Å². The number of benzene rings is 2. The molecule has 2 aromatic carbocycles. The van der Waals surface area contributed by atoms with Gasteiger partial charge in [-0.1, -0.05) is 19.9 Å². The van der Waals surface area contributed by atoms with Gasteiger partial charge in [-0.15, -0.1) is 11.8 Å². The van der Waals surface area contributed by atoms with Crippen LogP contribution in [0.2, 0.25) is 0 Å². The molecule has 0 aromatic heterocycles. The van der Waals surface area contributed by atoms with Gasteiger partial charge in [-0.2, -0.15) is 0 Å². The van der Waals surface area contributed by atoms with E-state index in [4.69, 9.17) is 4.74 Å². The summed E-state index contributed by atoms with van der Waals surface area (Å²) in [6, 6.07) is 13.6. The smallest absolute Gasteiger partial charge is 0.119 e. The Bertz CT molecular complexity index is 576. The Hall–Kier alpha value is -1.61. The second-order valence-corrected chi connectivity index (χ2v) is 6.53. The van der Waals surface area contributed by atoms with E-state index < -0.39 is 0 Å². The minimum Gasteiger partial charge on any atom is -0.508 e. The third kappa shape index (κ3) is 4.71. The van der Waals surface area contributed by atoms with Gasteiger partial charge < -0.3 is 9.84 Å². The number of thioether (sulfide) groups is 1. The zero-order valence-electron chi connectivity index (χ0n) is 12.8. The van der Waals surface area contributed by atoms with Crippen molar-refractivity contribution < 1.29 is 9.84 Å². The molecule has 112 valence electrons. The predicted octanol–water partition coefficient (Wildman–Crippen LogP) is 5.00. The van der Waals surface area contributed by atoms with E-state index in [0.29, 0.717) is 18.3 Å². The molecule has 0 atom stereocenters. The van der Waals surface area contributed by atoms with Crippen molar-refractivity contribution in [2.24, 2.45) is 0 Å².